The van der Waals surface area contributed by atoms with E-state index in [0.29, 0.717) is 19.0 Å². The van der Waals surface area contributed by atoms with Crippen LogP contribution in [0.2, 0.25) is 0 Å². The van der Waals surface area contributed by atoms with Gasteiger partial charge in [0.1, 0.15) is 5.82 Å². The number of aromatic amines is 1. The molecule has 1 aliphatic heterocycles. The number of nitrogens with one attached hydrogen (secondary N) is 2. The van der Waals surface area contributed by atoms with Crippen LogP contribution >= 0.6 is 0 Å². The summed E-state index contributed by atoms with van der Waals surface area (Å²) in [6.07, 6.45) is 7.82. The van der Waals surface area contributed by atoms with Crippen molar-refractivity contribution in [3.8, 4) is 0 Å². The average molecular weight is 407 g/mol. The quantitative estimate of drug-likeness (QED) is 0.613. The number of hydrogen-bond acceptors (Lipinski definition) is 4. The molecule has 162 valence electrons. The van der Waals surface area contributed by atoms with Crippen LogP contribution in [0.4, 0.5) is 11.5 Å². The third-order valence-electron chi connectivity index (χ3n) is 6.41. The molecule has 0 bridgehead atoms. The lowest BCUT2D eigenvalue weighted by molar-refractivity contribution is -0.900. The molecule has 1 aromatic heterocycles. The molecule has 29 heavy (non-hydrogen) atoms. The van der Waals surface area contributed by atoms with Crippen molar-refractivity contribution in [1.29, 1.82) is 0 Å². The summed E-state index contributed by atoms with van der Waals surface area (Å²) in [7, 11) is 0. The Bertz CT molecular complexity index is 825. The maximum atomic E-state index is 13.4. The molecule has 8 nitrogen and oxygen atoms in total. The number of carbonyl (C=O) groups is 1. The molecule has 2 heterocycles. The Morgan fingerprint density at radius 3 is 2.62 bits per heavy atom. The second-order valence-electron chi connectivity index (χ2n) is 8.83. The monoisotopic (exact) mass is 406 g/mol. The van der Waals surface area contributed by atoms with E-state index in [9.17, 15) is 14.4 Å². The number of aromatic nitrogens is 2. The number of hydrogen-bond donors (Lipinski definition) is 3. The van der Waals surface area contributed by atoms with E-state index < -0.39 is 11.2 Å². The van der Waals surface area contributed by atoms with Gasteiger partial charge in [0.05, 0.1) is 13.1 Å². The molecule has 1 aromatic rings. The lowest BCUT2D eigenvalue weighted by Gasteiger charge is -2.33. The van der Waals surface area contributed by atoms with E-state index in [1.807, 2.05) is 6.92 Å². The number of piperidine rings is 1. The minimum absolute atomic E-state index is 0.0235. The fourth-order valence-corrected chi connectivity index (χ4v) is 4.88. The zero-order valence-electron chi connectivity index (χ0n) is 17.8. The van der Waals surface area contributed by atoms with Gasteiger partial charge < -0.3 is 10.6 Å². The molecule has 0 spiro atoms. The van der Waals surface area contributed by atoms with Gasteiger partial charge in [-0.1, -0.05) is 33.1 Å². The number of carbonyl (C=O) groups excluding carboxylic acids is 1. The van der Waals surface area contributed by atoms with Crippen LogP contribution in [-0.2, 0) is 11.3 Å². The Balaban J connectivity index is 1.95. The van der Waals surface area contributed by atoms with Crippen LogP contribution in [0.15, 0.2) is 9.59 Å². The number of nitrogens with two attached hydrogens (primary N) is 1. The molecule has 2 fully saturated rings. The molecule has 0 aromatic carbocycles. The van der Waals surface area contributed by atoms with Gasteiger partial charge in [0.25, 0.3) is 11.5 Å². The van der Waals surface area contributed by atoms with Gasteiger partial charge in [0.15, 0.2) is 12.2 Å². The highest BCUT2D eigenvalue weighted by Crippen LogP contribution is 2.29. The van der Waals surface area contributed by atoms with Crippen LogP contribution in [0.1, 0.15) is 65.2 Å². The summed E-state index contributed by atoms with van der Waals surface area (Å²) < 4.78 is 1.41. The molecule has 1 saturated heterocycles. The van der Waals surface area contributed by atoms with E-state index in [2.05, 4.69) is 11.9 Å². The Kier molecular flexibility index (Phi) is 7.16. The van der Waals surface area contributed by atoms with Gasteiger partial charge in [-0.15, -0.1) is 0 Å². The number of rotatable bonds is 7. The maximum Gasteiger partial charge on any atom is 0.330 e. The van der Waals surface area contributed by atoms with E-state index >= 15 is 0 Å². The minimum atomic E-state index is -0.553. The Hall–Kier alpha value is -2.09. The van der Waals surface area contributed by atoms with E-state index in [1.54, 1.807) is 4.90 Å². The third-order valence-corrected chi connectivity index (χ3v) is 6.41. The molecule has 2 aliphatic rings. The fourth-order valence-electron chi connectivity index (χ4n) is 4.88. The molecular weight excluding hydrogens is 370 g/mol. The normalized spacial score (nSPS) is 22.7. The van der Waals surface area contributed by atoms with Gasteiger partial charge in [0, 0.05) is 18.5 Å². The zero-order chi connectivity index (χ0) is 21.0. The fraction of sp³-hybridized carbons (Fsp3) is 0.762. The number of likely N-dealkylation sites (tertiary alicyclic amines) is 1. The van der Waals surface area contributed by atoms with E-state index in [4.69, 9.17) is 5.73 Å². The van der Waals surface area contributed by atoms with Gasteiger partial charge in [0.2, 0.25) is 0 Å². The number of H-pyrrole nitrogens is 1. The van der Waals surface area contributed by atoms with Gasteiger partial charge in [-0.2, -0.15) is 0 Å². The summed E-state index contributed by atoms with van der Waals surface area (Å²) in [5.41, 5.74) is 5.44. The number of nitrogens with zero attached hydrogens (tertiary/aromatic N) is 2. The first kappa shape index (κ1) is 21.6. The SMILES string of the molecule is CCCCn1c(N)c(N(C(=O)C[NH+]2CCC[C@@H](C)C2)C2CCCC2)c(=O)[nH]c1=O. The molecule has 1 amide bonds. The van der Waals surface area contributed by atoms with Crippen molar-refractivity contribution in [2.45, 2.75) is 77.8 Å². The standard InChI is InChI=1S/C21H35N5O3/c1-3-4-12-25-19(22)18(20(28)23-21(25)29)26(16-9-5-6-10-16)17(27)14-24-11-7-8-15(2)13-24/h15-16H,3-14,22H2,1-2H3,(H,23,28,29)/p+1/t15-/m1/s1. The molecule has 1 unspecified atom stereocenters. The Morgan fingerprint density at radius 2 is 1.97 bits per heavy atom. The first-order chi connectivity index (χ1) is 13.9. The summed E-state index contributed by atoms with van der Waals surface area (Å²) in [4.78, 5) is 43.8. The Labute approximate surface area is 172 Å². The van der Waals surface area contributed by atoms with E-state index in [0.717, 1.165) is 58.0 Å². The van der Waals surface area contributed by atoms with Crippen LogP contribution in [0.5, 0.6) is 0 Å². The largest absolute Gasteiger partial charge is 0.383 e. The number of quaternary nitrogens is 1. The van der Waals surface area contributed by atoms with Crippen molar-refractivity contribution in [3.63, 3.8) is 0 Å². The van der Waals surface area contributed by atoms with Crippen molar-refractivity contribution in [1.82, 2.24) is 9.55 Å². The minimum Gasteiger partial charge on any atom is -0.383 e. The molecule has 3 rings (SSSR count). The van der Waals surface area contributed by atoms with E-state index in [1.165, 1.54) is 15.9 Å². The summed E-state index contributed by atoms with van der Waals surface area (Å²) in [5, 5.41) is 0. The van der Waals surface area contributed by atoms with Gasteiger partial charge in [-0.3, -0.25) is 24.0 Å². The highest BCUT2D eigenvalue weighted by atomic mass is 16.2. The van der Waals surface area contributed by atoms with E-state index in [-0.39, 0.29) is 23.5 Å². The average Bonchev–Trinajstić information content (AvgIpc) is 3.19. The highest BCUT2D eigenvalue weighted by Gasteiger charge is 2.35. The zero-order valence-corrected chi connectivity index (χ0v) is 17.8. The van der Waals surface area contributed by atoms with Crippen molar-refractivity contribution < 1.29 is 9.69 Å². The third kappa shape index (κ3) is 4.91. The molecular formula is C21H36N5O3+. The second kappa shape index (κ2) is 9.61. The van der Waals surface area contributed by atoms with Gasteiger partial charge in [-0.05, 0) is 32.1 Å². The van der Waals surface area contributed by atoms with Crippen LogP contribution in [0.25, 0.3) is 0 Å². The lowest BCUT2D eigenvalue weighted by Crippen LogP contribution is -3.14. The van der Waals surface area contributed by atoms with Crippen LogP contribution in [0, 0.1) is 5.92 Å². The first-order valence-electron chi connectivity index (χ1n) is 11.2. The topological polar surface area (TPSA) is 106 Å². The number of unbranched alkanes of at least 4 members (excludes halogenated alkanes) is 1. The number of anilines is 2. The predicted molar refractivity (Wildman–Crippen MR) is 114 cm³/mol. The summed E-state index contributed by atoms with van der Waals surface area (Å²) in [5.74, 6) is 0.671. The van der Waals surface area contributed by atoms with Crippen molar-refractivity contribution in [2.75, 3.05) is 30.3 Å². The molecule has 2 atom stereocenters. The van der Waals surface area contributed by atoms with Gasteiger partial charge in [-0.25, -0.2) is 4.79 Å². The second-order valence-corrected chi connectivity index (χ2v) is 8.83. The maximum absolute atomic E-state index is 13.4. The number of nitrogen functional groups attached to an aromatic ring is 1. The van der Waals surface area contributed by atoms with Crippen molar-refractivity contribution >= 4 is 17.4 Å². The molecule has 8 heteroatoms. The summed E-state index contributed by atoms with van der Waals surface area (Å²) in [6, 6.07) is -0.0235. The molecule has 1 saturated carbocycles. The van der Waals surface area contributed by atoms with Crippen LogP contribution in [0.3, 0.4) is 0 Å². The van der Waals surface area contributed by atoms with Crippen LogP contribution in [-0.4, -0.2) is 41.1 Å². The highest BCUT2D eigenvalue weighted by molar-refractivity contribution is 5.96. The Morgan fingerprint density at radius 1 is 1.24 bits per heavy atom. The molecule has 0 radical (unpaired) electrons. The van der Waals surface area contributed by atoms with Gasteiger partial charge >= 0.3 is 5.69 Å². The molecule has 1 aliphatic carbocycles. The van der Waals surface area contributed by atoms with Crippen molar-refractivity contribution in [3.05, 3.63) is 20.8 Å². The van der Waals surface area contributed by atoms with Crippen molar-refractivity contribution in [2.24, 2.45) is 5.92 Å². The lowest BCUT2D eigenvalue weighted by atomic mass is 10.0. The molecule has 4 N–H and O–H groups in total. The predicted octanol–water partition coefficient (Wildman–Crippen LogP) is 0.509. The summed E-state index contributed by atoms with van der Waals surface area (Å²) >= 11 is 0. The first-order valence-corrected chi connectivity index (χ1v) is 11.2. The summed E-state index contributed by atoms with van der Waals surface area (Å²) in [6.45, 7) is 7.03. The number of amides is 1. The van der Waals surface area contributed by atoms with Crippen LogP contribution < -0.4 is 26.8 Å². The smallest absolute Gasteiger partial charge is 0.330 e.